The summed E-state index contributed by atoms with van der Waals surface area (Å²) < 4.78 is 26.7. The number of rotatable bonds is 9. The average molecular weight is 388 g/mol. The molecule has 6 nitrogen and oxygen atoms in total. The van der Waals surface area contributed by atoms with Gasteiger partial charge in [0.05, 0.1) is 4.90 Å². The lowest BCUT2D eigenvalue weighted by Gasteiger charge is -2.11. The molecule has 7 heteroatoms. The van der Waals surface area contributed by atoms with E-state index in [0.29, 0.717) is 12.1 Å². The molecule has 0 aliphatic heterocycles. The van der Waals surface area contributed by atoms with E-state index in [0.717, 1.165) is 12.1 Å². The third kappa shape index (κ3) is 6.32. The van der Waals surface area contributed by atoms with Crippen molar-refractivity contribution in [3.63, 3.8) is 0 Å². The molecule has 1 amide bonds. The number of hydrogen-bond donors (Lipinski definition) is 2. The highest BCUT2D eigenvalue weighted by Crippen LogP contribution is 2.12. The Labute approximate surface area is 161 Å². The Morgan fingerprint density at radius 1 is 1.11 bits per heavy atom. The molecule has 2 rings (SSSR count). The lowest BCUT2D eigenvalue weighted by molar-refractivity contribution is 0.0950. The van der Waals surface area contributed by atoms with Gasteiger partial charge in [-0.1, -0.05) is 36.4 Å². The quantitative estimate of drug-likeness (QED) is 0.646. The largest absolute Gasteiger partial charge is 0.348 e. The van der Waals surface area contributed by atoms with Crippen molar-refractivity contribution in [3.8, 4) is 0 Å². The zero-order valence-corrected chi connectivity index (χ0v) is 16.4. The summed E-state index contributed by atoms with van der Waals surface area (Å²) in [6.07, 6.45) is 1.46. The van der Waals surface area contributed by atoms with Gasteiger partial charge in [0.1, 0.15) is 0 Å². The molecular weight excluding hydrogens is 362 g/mol. The molecule has 0 aliphatic carbocycles. The van der Waals surface area contributed by atoms with Crippen molar-refractivity contribution >= 4 is 15.9 Å². The summed E-state index contributed by atoms with van der Waals surface area (Å²) in [7, 11) is 0.353. The van der Waals surface area contributed by atoms with Crippen molar-refractivity contribution in [1.29, 1.82) is 0 Å². The van der Waals surface area contributed by atoms with Crippen molar-refractivity contribution in [2.24, 2.45) is 0 Å². The van der Waals surface area contributed by atoms with Crippen LogP contribution in [0.3, 0.4) is 0 Å². The number of carbonyl (C=O) groups is 1. The van der Waals surface area contributed by atoms with Gasteiger partial charge < -0.3 is 10.2 Å². The Balaban J connectivity index is 2.02. The van der Waals surface area contributed by atoms with Crippen LogP contribution in [-0.4, -0.2) is 39.9 Å². The molecule has 0 spiro atoms. The van der Waals surface area contributed by atoms with E-state index in [1.54, 1.807) is 12.1 Å². The monoisotopic (exact) mass is 387 g/mol. The summed E-state index contributed by atoms with van der Waals surface area (Å²) in [5.41, 5.74) is 2.46. The molecule has 2 N–H and O–H groups in total. The van der Waals surface area contributed by atoms with Crippen LogP contribution in [0, 0.1) is 0 Å². The Bertz CT molecular complexity index is 891. The molecule has 0 aromatic heterocycles. The van der Waals surface area contributed by atoms with Gasteiger partial charge in [-0.3, -0.25) is 4.79 Å². The van der Waals surface area contributed by atoms with Gasteiger partial charge in [0.15, 0.2) is 0 Å². The standard InChI is InChI=1S/C20H25N3O3S/c1-4-12-22-27(25,26)19-7-5-6-18(13-19)20(24)21-14-16-8-10-17(11-9-16)15-23(2)3/h4-11,13,22H,1,12,14-15H2,2-3H3,(H,21,24). The molecule has 2 aromatic rings. The van der Waals surface area contributed by atoms with E-state index >= 15 is 0 Å². The first-order valence-corrected chi connectivity index (χ1v) is 10.0. The molecule has 0 heterocycles. The third-order valence-corrected chi connectivity index (χ3v) is 5.22. The van der Waals surface area contributed by atoms with E-state index < -0.39 is 10.0 Å². The topological polar surface area (TPSA) is 78.5 Å². The molecule has 0 aliphatic rings. The fraction of sp³-hybridized carbons (Fsp3) is 0.250. The second-order valence-corrected chi connectivity index (χ2v) is 8.17. The molecule has 144 valence electrons. The molecule has 0 fully saturated rings. The fourth-order valence-electron chi connectivity index (χ4n) is 2.47. The maximum Gasteiger partial charge on any atom is 0.251 e. The van der Waals surface area contributed by atoms with Gasteiger partial charge in [0.25, 0.3) is 5.91 Å². The summed E-state index contributed by atoms with van der Waals surface area (Å²) in [6, 6.07) is 13.9. The zero-order chi connectivity index (χ0) is 19.9. The van der Waals surface area contributed by atoms with Crippen LogP contribution >= 0.6 is 0 Å². The summed E-state index contributed by atoms with van der Waals surface area (Å²) in [5, 5.41) is 2.82. The number of nitrogens with zero attached hydrogens (tertiary/aromatic N) is 1. The summed E-state index contributed by atoms with van der Waals surface area (Å²) in [5.74, 6) is -0.326. The van der Waals surface area contributed by atoms with Gasteiger partial charge in [-0.2, -0.15) is 0 Å². The van der Waals surface area contributed by atoms with Crippen LogP contribution in [0.2, 0.25) is 0 Å². The minimum absolute atomic E-state index is 0.0463. The van der Waals surface area contributed by atoms with Crippen LogP contribution in [0.5, 0.6) is 0 Å². The van der Waals surface area contributed by atoms with E-state index in [1.165, 1.54) is 23.8 Å². The van der Waals surface area contributed by atoms with E-state index in [-0.39, 0.29) is 17.3 Å². The molecule has 0 atom stereocenters. The SMILES string of the molecule is C=CCNS(=O)(=O)c1cccc(C(=O)NCc2ccc(CN(C)C)cc2)c1. The predicted molar refractivity (Wildman–Crippen MR) is 107 cm³/mol. The maximum absolute atomic E-state index is 12.4. The zero-order valence-electron chi connectivity index (χ0n) is 15.6. The Hall–Kier alpha value is -2.48. The first kappa shape index (κ1) is 20.8. The van der Waals surface area contributed by atoms with Gasteiger partial charge in [-0.15, -0.1) is 6.58 Å². The van der Waals surface area contributed by atoms with Gasteiger partial charge >= 0.3 is 0 Å². The maximum atomic E-state index is 12.4. The fourth-order valence-corrected chi connectivity index (χ4v) is 3.51. The van der Waals surface area contributed by atoms with Crippen LogP contribution in [0.1, 0.15) is 21.5 Å². The van der Waals surface area contributed by atoms with Crippen molar-refractivity contribution in [3.05, 3.63) is 77.9 Å². The number of benzene rings is 2. The van der Waals surface area contributed by atoms with Crippen LogP contribution in [0.15, 0.2) is 66.1 Å². The highest BCUT2D eigenvalue weighted by molar-refractivity contribution is 7.89. The smallest absolute Gasteiger partial charge is 0.251 e. The van der Waals surface area contributed by atoms with E-state index in [2.05, 4.69) is 21.5 Å². The molecule has 0 saturated carbocycles. The van der Waals surface area contributed by atoms with E-state index in [4.69, 9.17) is 0 Å². The number of sulfonamides is 1. The molecular formula is C20H25N3O3S. The van der Waals surface area contributed by atoms with Crippen molar-refractivity contribution in [2.45, 2.75) is 18.0 Å². The van der Waals surface area contributed by atoms with Gasteiger partial charge in [-0.25, -0.2) is 13.1 Å². The van der Waals surface area contributed by atoms with E-state index in [9.17, 15) is 13.2 Å². The number of amides is 1. The molecule has 0 unspecified atom stereocenters. The highest BCUT2D eigenvalue weighted by Gasteiger charge is 2.15. The van der Waals surface area contributed by atoms with Crippen LogP contribution < -0.4 is 10.0 Å². The van der Waals surface area contributed by atoms with Crippen molar-refractivity contribution in [1.82, 2.24) is 14.9 Å². The van der Waals surface area contributed by atoms with Crippen LogP contribution in [0.25, 0.3) is 0 Å². The predicted octanol–water partition coefficient (Wildman–Crippen LogP) is 2.14. The molecule has 0 radical (unpaired) electrons. The van der Waals surface area contributed by atoms with E-state index in [1.807, 2.05) is 38.4 Å². The normalized spacial score (nSPS) is 11.4. The van der Waals surface area contributed by atoms with Gasteiger partial charge in [0, 0.05) is 25.2 Å². The lowest BCUT2D eigenvalue weighted by atomic mass is 10.1. The summed E-state index contributed by atoms with van der Waals surface area (Å²) in [4.78, 5) is 14.5. The number of nitrogens with one attached hydrogen (secondary N) is 2. The Morgan fingerprint density at radius 2 is 1.78 bits per heavy atom. The summed E-state index contributed by atoms with van der Waals surface area (Å²) >= 11 is 0. The first-order valence-electron chi connectivity index (χ1n) is 8.53. The third-order valence-electron chi connectivity index (χ3n) is 3.80. The summed E-state index contributed by atoms with van der Waals surface area (Å²) in [6.45, 7) is 4.83. The van der Waals surface area contributed by atoms with Crippen molar-refractivity contribution in [2.75, 3.05) is 20.6 Å². The molecule has 0 saturated heterocycles. The molecule has 2 aromatic carbocycles. The number of carbonyl (C=O) groups excluding carboxylic acids is 1. The lowest BCUT2D eigenvalue weighted by Crippen LogP contribution is -2.25. The minimum atomic E-state index is -3.67. The van der Waals surface area contributed by atoms with Gasteiger partial charge in [0.2, 0.25) is 10.0 Å². The second kappa shape index (κ2) is 9.45. The average Bonchev–Trinajstić information content (AvgIpc) is 2.65. The molecule has 0 bridgehead atoms. The first-order chi connectivity index (χ1) is 12.8. The van der Waals surface area contributed by atoms with Crippen molar-refractivity contribution < 1.29 is 13.2 Å². The van der Waals surface area contributed by atoms with Gasteiger partial charge in [-0.05, 0) is 43.4 Å². The Morgan fingerprint density at radius 3 is 2.41 bits per heavy atom. The second-order valence-electron chi connectivity index (χ2n) is 6.41. The highest BCUT2D eigenvalue weighted by atomic mass is 32.2. The Kier molecular flexibility index (Phi) is 7.29. The molecule has 27 heavy (non-hydrogen) atoms. The number of hydrogen-bond acceptors (Lipinski definition) is 4. The minimum Gasteiger partial charge on any atom is -0.348 e. The van der Waals surface area contributed by atoms with Crippen LogP contribution in [0.4, 0.5) is 0 Å². The van der Waals surface area contributed by atoms with Crippen LogP contribution in [-0.2, 0) is 23.1 Å².